The molecular formula is C47H56Cl2Zr-2. The molecule has 0 heterocycles. The summed E-state index contributed by atoms with van der Waals surface area (Å²) in [6, 6.07) is 42.8. The maximum atomic E-state index is 3.53. The van der Waals surface area contributed by atoms with Gasteiger partial charge in [-0.2, -0.15) is 47.5 Å². The first-order valence-electron chi connectivity index (χ1n) is 17.4. The van der Waals surface area contributed by atoms with Crippen LogP contribution in [0.4, 0.5) is 0 Å². The summed E-state index contributed by atoms with van der Waals surface area (Å²) in [7, 11) is 0. The Morgan fingerprint density at radius 1 is 0.560 bits per heavy atom. The van der Waals surface area contributed by atoms with E-state index in [1.165, 1.54) is 83.1 Å². The van der Waals surface area contributed by atoms with E-state index in [4.69, 9.17) is 0 Å². The van der Waals surface area contributed by atoms with Crippen LogP contribution in [0.15, 0.2) is 109 Å². The van der Waals surface area contributed by atoms with Crippen molar-refractivity contribution in [3.63, 3.8) is 0 Å². The van der Waals surface area contributed by atoms with Gasteiger partial charge in [-0.3, -0.25) is 0 Å². The number of rotatable bonds is 2. The van der Waals surface area contributed by atoms with E-state index in [2.05, 4.69) is 168 Å². The fraction of sp³-hybridized carbons (Fsp3) is 0.362. The van der Waals surface area contributed by atoms with Gasteiger partial charge in [0.05, 0.1) is 0 Å². The first-order chi connectivity index (χ1) is 22.3. The molecule has 264 valence electrons. The van der Waals surface area contributed by atoms with Crippen molar-refractivity contribution in [3.8, 4) is 11.1 Å². The van der Waals surface area contributed by atoms with Gasteiger partial charge in [-0.25, -0.2) is 12.1 Å². The molecule has 0 aromatic heterocycles. The number of hydrogen-bond acceptors (Lipinski definition) is 0. The molecule has 0 saturated heterocycles. The normalized spacial score (nSPS) is 12.1. The molecule has 5 aromatic rings. The Morgan fingerprint density at radius 3 is 1.44 bits per heavy atom. The van der Waals surface area contributed by atoms with Crippen LogP contribution in [0.3, 0.4) is 0 Å². The van der Waals surface area contributed by atoms with E-state index in [1.54, 1.807) is 0 Å². The molecule has 0 fully saturated rings. The predicted molar refractivity (Wildman–Crippen MR) is 206 cm³/mol. The predicted octanol–water partition coefficient (Wildman–Crippen LogP) is 6.46. The van der Waals surface area contributed by atoms with Gasteiger partial charge in [0.1, 0.15) is 0 Å². The second kappa shape index (κ2) is 17.4. The van der Waals surface area contributed by atoms with Crippen molar-refractivity contribution in [2.24, 2.45) is 0 Å². The summed E-state index contributed by atoms with van der Waals surface area (Å²) in [5.41, 5.74) is 14.8. The average Bonchev–Trinajstić information content (AvgIpc) is 3.71. The summed E-state index contributed by atoms with van der Waals surface area (Å²) in [5.74, 6) is 0. The summed E-state index contributed by atoms with van der Waals surface area (Å²) in [6.45, 7) is 27.4. The molecule has 0 saturated carbocycles. The maximum Gasteiger partial charge on any atom is -0.172 e. The minimum Gasteiger partial charge on any atom is -1.00 e. The van der Waals surface area contributed by atoms with E-state index >= 15 is 0 Å². The fourth-order valence-electron chi connectivity index (χ4n) is 6.16. The molecule has 0 radical (unpaired) electrons. The van der Waals surface area contributed by atoms with Crippen LogP contribution in [0, 0.1) is 6.07 Å². The molecule has 0 spiro atoms. The Hall–Kier alpha value is -2.44. The van der Waals surface area contributed by atoms with Crippen molar-refractivity contribution in [1.82, 2.24) is 0 Å². The molecule has 6 rings (SSSR count). The largest absolute Gasteiger partial charge is 1.00 e. The second-order valence-corrected chi connectivity index (χ2v) is 18.5. The maximum absolute atomic E-state index is 3.53. The smallest absolute Gasteiger partial charge is 0.172 e. The quantitative estimate of drug-likeness (QED) is 0.177. The van der Waals surface area contributed by atoms with Gasteiger partial charge in [0.2, 0.25) is 0 Å². The van der Waals surface area contributed by atoms with E-state index in [9.17, 15) is 0 Å². The van der Waals surface area contributed by atoms with Gasteiger partial charge in [0.15, 0.2) is 0 Å². The Balaban J connectivity index is 0.000000293. The van der Waals surface area contributed by atoms with E-state index < -0.39 is 0 Å². The summed E-state index contributed by atoms with van der Waals surface area (Å²) in [6.07, 6.45) is 1.03. The van der Waals surface area contributed by atoms with Gasteiger partial charge in [-0.1, -0.05) is 76.3 Å². The van der Waals surface area contributed by atoms with Gasteiger partial charge < -0.3 is 24.8 Å². The van der Waals surface area contributed by atoms with Crippen LogP contribution < -0.4 is 24.8 Å². The molecule has 0 nitrogen and oxygen atoms in total. The van der Waals surface area contributed by atoms with E-state index in [0.29, 0.717) is 0 Å². The van der Waals surface area contributed by atoms with E-state index in [0.717, 1.165) is 6.42 Å². The summed E-state index contributed by atoms with van der Waals surface area (Å²) in [5, 5.41) is 0. The number of halogens is 2. The molecule has 0 unspecified atom stereocenters. The third kappa shape index (κ3) is 11.0. The molecular weight excluding hydrogens is 727 g/mol. The first kappa shape index (κ1) is 43.7. The molecule has 5 aromatic carbocycles. The molecule has 0 N–H and O–H groups in total. The number of benzene rings is 4. The zero-order chi connectivity index (χ0) is 35.5. The van der Waals surface area contributed by atoms with Crippen LogP contribution in [-0.2, 0) is 52.3 Å². The van der Waals surface area contributed by atoms with Crippen molar-refractivity contribution >= 4 is 3.21 Å². The SMILES string of the molecule is CC(C)(C)c1c[c-]c2c(c1)-c1cc(C(C)(C)C)ccc1C2.CC(C)(C)c1ccccc1[C](=[Zr+2])c1ccccc1C(C)(C)C.[Cl-].[Cl-].c1cc[cH-]c1. The molecule has 1 aliphatic carbocycles. The molecule has 0 atom stereocenters. The van der Waals surface area contributed by atoms with Crippen molar-refractivity contribution in [2.45, 2.75) is 111 Å². The first-order valence-corrected chi connectivity index (χ1v) is 18.7. The average molecular weight is 783 g/mol. The number of hydrogen-bond donors (Lipinski definition) is 0. The van der Waals surface area contributed by atoms with Gasteiger partial charge in [0.25, 0.3) is 0 Å². The minimum atomic E-state index is 0. The van der Waals surface area contributed by atoms with Gasteiger partial charge in [-0.15, -0.1) is 5.56 Å². The number of fused-ring (bicyclic) bond motifs is 3. The Kier molecular flexibility index (Phi) is 15.2. The Bertz CT molecular complexity index is 1690. The molecule has 3 heteroatoms. The third-order valence-electron chi connectivity index (χ3n) is 9.09. The van der Waals surface area contributed by atoms with Crippen LogP contribution in [-0.4, -0.2) is 3.21 Å². The van der Waals surface area contributed by atoms with Crippen LogP contribution >= 0.6 is 0 Å². The summed E-state index contributed by atoms with van der Waals surface area (Å²) < 4.78 is 1.46. The Labute approximate surface area is 332 Å². The Morgan fingerprint density at radius 2 is 1.02 bits per heavy atom. The second-order valence-electron chi connectivity index (χ2n) is 17.3. The molecule has 0 bridgehead atoms. The minimum absolute atomic E-state index is 0. The fourth-order valence-corrected chi connectivity index (χ4v) is 7.23. The summed E-state index contributed by atoms with van der Waals surface area (Å²) in [4.78, 5) is 0. The third-order valence-corrected chi connectivity index (χ3v) is 10.4. The summed E-state index contributed by atoms with van der Waals surface area (Å²) >= 11 is 1.47. The van der Waals surface area contributed by atoms with Gasteiger partial charge >= 0.3 is 151 Å². The molecule has 0 amide bonds. The monoisotopic (exact) mass is 780 g/mol. The molecule has 1 aliphatic rings. The van der Waals surface area contributed by atoms with Crippen molar-refractivity contribution < 1.29 is 49.0 Å². The van der Waals surface area contributed by atoms with Crippen LogP contribution in [0.25, 0.3) is 11.1 Å². The van der Waals surface area contributed by atoms with Gasteiger partial charge in [-0.05, 0) is 17.4 Å². The molecule has 0 aliphatic heterocycles. The van der Waals surface area contributed by atoms with Crippen LogP contribution in [0.2, 0.25) is 0 Å². The van der Waals surface area contributed by atoms with Crippen LogP contribution in [0.1, 0.15) is 128 Å². The van der Waals surface area contributed by atoms with E-state index in [1.807, 2.05) is 30.3 Å². The zero-order valence-corrected chi connectivity index (χ0v) is 36.3. The topological polar surface area (TPSA) is 0 Å². The van der Waals surface area contributed by atoms with Crippen molar-refractivity contribution in [1.29, 1.82) is 0 Å². The van der Waals surface area contributed by atoms with Gasteiger partial charge in [0, 0.05) is 0 Å². The van der Waals surface area contributed by atoms with Crippen molar-refractivity contribution in [2.75, 3.05) is 0 Å². The van der Waals surface area contributed by atoms with E-state index in [-0.39, 0.29) is 46.5 Å². The molecule has 50 heavy (non-hydrogen) atoms. The standard InChI is InChI=1S/C21H25.C21H26.C5H5.2ClH.Zr/c1-20(2,3)16-9-7-14-11-15-8-10-17(21(4,5)6)13-19(15)18(14)12-16;1-20(2,3)18-13-9-7-11-16(18)15-17-12-8-10-14-19(17)21(4,5)6;1-2-4-5-3-1;;;/h7,9-10,12-13H,11H2,1-6H3;7-14H,1-6H3;1-5H;2*1H;/q-1;;-1;;;+2/p-2. The zero-order valence-electron chi connectivity index (χ0n) is 32.4. The van der Waals surface area contributed by atoms with Crippen LogP contribution in [0.5, 0.6) is 0 Å². The van der Waals surface area contributed by atoms with Crippen molar-refractivity contribution in [3.05, 3.63) is 160 Å².